The molecule has 0 saturated heterocycles. The Kier molecular flexibility index (Phi) is 1.94. The van der Waals surface area contributed by atoms with Crippen LogP contribution >= 0.6 is 0 Å². The van der Waals surface area contributed by atoms with Gasteiger partial charge in [0.15, 0.2) is 0 Å². The van der Waals surface area contributed by atoms with Gasteiger partial charge in [0.25, 0.3) is 0 Å². The first kappa shape index (κ1) is 10.2. The van der Waals surface area contributed by atoms with Gasteiger partial charge >= 0.3 is 11.9 Å². The number of anilines is 1. The summed E-state index contributed by atoms with van der Waals surface area (Å²) in [6.07, 6.45) is 3.85. The molecule has 0 radical (unpaired) electrons. The summed E-state index contributed by atoms with van der Waals surface area (Å²) < 4.78 is 2.16. The predicted octanol–water partition coefficient (Wildman–Crippen LogP) is -0.849. The molecule has 6 heteroatoms. The Morgan fingerprint density at radius 2 is 2.11 bits per heavy atom. The second kappa shape index (κ2) is 3.61. The second-order valence-corrected chi connectivity index (χ2v) is 4.59. The van der Waals surface area contributed by atoms with Gasteiger partial charge in [0, 0.05) is 18.0 Å². The molecule has 0 saturated carbocycles. The summed E-state index contributed by atoms with van der Waals surface area (Å²) in [5.41, 5.74) is 9.24. The summed E-state index contributed by atoms with van der Waals surface area (Å²) in [7, 11) is 0. The Bertz CT molecular complexity index is 768. The van der Waals surface area contributed by atoms with Crippen molar-refractivity contribution in [2.45, 2.75) is 6.17 Å². The SMILES string of the molecule is NC1=[NH+][C@H](c2cc[nH]c2)[n+]2c([nH]c3ccccc32)N1. The summed E-state index contributed by atoms with van der Waals surface area (Å²) >= 11 is 0. The number of imidazole rings is 1. The van der Waals surface area contributed by atoms with E-state index < -0.39 is 0 Å². The summed E-state index contributed by atoms with van der Waals surface area (Å²) in [5, 5.41) is 3.12. The maximum atomic E-state index is 5.92. The Morgan fingerprint density at radius 1 is 1.21 bits per heavy atom. The van der Waals surface area contributed by atoms with Gasteiger partial charge in [-0.2, -0.15) is 9.88 Å². The maximum Gasteiger partial charge on any atom is 0.368 e. The summed E-state index contributed by atoms with van der Waals surface area (Å²) in [5.74, 6) is 1.42. The van der Waals surface area contributed by atoms with E-state index in [0.717, 1.165) is 22.5 Å². The highest BCUT2D eigenvalue weighted by atomic mass is 15.4. The number of para-hydroxylation sites is 2. The van der Waals surface area contributed by atoms with Crippen molar-refractivity contribution in [2.75, 3.05) is 5.32 Å². The molecule has 4 rings (SSSR count). The highest BCUT2D eigenvalue weighted by molar-refractivity contribution is 5.87. The zero-order valence-electron chi connectivity index (χ0n) is 10.1. The molecule has 1 aliphatic heterocycles. The van der Waals surface area contributed by atoms with Gasteiger partial charge in [-0.25, -0.2) is 9.98 Å². The van der Waals surface area contributed by atoms with E-state index in [0.29, 0.717) is 5.96 Å². The van der Waals surface area contributed by atoms with Crippen LogP contribution in [0.15, 0.2) is 42.7 Å². The van der Waals surface area contributed by atoms with Gasteiger partial charge in [0.1, 0.15) is 11.0 Å². The van der Waals surface area contributed by atoms with E-state index in [1.165, 1.54) is 0 Å². The molecular weight excluding hydrogens is 240 g/mol. The lowest BCUT2D eigenvalue weighted by molar-refractivity contribution is -0.840. The Hall–Kier alpha value is -2.76. The number of hydrogen-bond acceptors (Lipinski definition) is 2. The molecule has 1 atom stereocenters. The molecular formula is C13H14N6+2. The molecule has 0 spiro atoms. The minimum atomic E-state index is -0.0290. The van der Waals surface area contributed by atoms with E-state index in [4.69, 9.17) is 5.73 Å². The lowest BCUT2D eigenvalue weighted by atomic mass is 10.2. The number of aromatic amines is 2. The van der Waals surface area contributed by atoms with Crippen molar-refractivity contribution < 1.29 is 9.56 Å². The molecule has 3 aromatic rings. The van der Waals surface area contributed by atoms with Crippen molar-refractivity contribution in [2.24, 2.45) is 5.73 Å². The van der Waals surface area contributed by atoms with Crippen LogP contribution in [-0.4, -0.2) is 15.9 Å². The van der Waals surface area contributed by atoms with Crippen LogP contribution in [-0.2, 0) is 0 Å². The van der Waals surface area contributed by atoms with Crippen molar-refractivity contribution >= 4 is 22.9 Å². The zero-order chi connectivity index (χ0) is 12.8. The first-order chi connectivity index (χ1) is 9.33. The molecule has 1 aromatic carbocycles. The van der Waals surface area contributed by atoms with Crippen LogP contribution in [0.2, 0.25) is 0 Å². The van der Waals surface area contributed by atoms with E-state index in [1.54, 1.807) is 0 Å². The number of hydrogen-bond donors (Lipinski definition) is 5. The molecule has 0 amide bonds. The number of guanidine groups is 1. The predicted molar refractivity (Wildman–Crippen MR) is 71.2 cm³/mol. The summed E-state index contributed by atoms with van der Waals surface area (Å²) in [6.45, 7) is 0. The normalized spacial score (nSPS) is 17.9. The van der Waals surface area contributed by atoms with Gasteiger partial charge in [-0.1, -0.05) is 12.1 Å². The number of aromatic nitrogens is 3. The van der Waals surface area contributed by atoms with Crippen LogP contribution < -0.4 is 20.6 Å². The van der Waals surface area contributed by atoms with Crippen molar-refractivity contribution in [1.29, 1.82) is 0 Å². The molecule has 6 N–H and O–H groups in total. The van der Waals surface area contributed by atoms with Gasteiger partial charge in [0.05, 0.1) is 0 Å². The van der Waals surface area contributed by atoms with Crippen LogP contribution in [0.25, 0.3) is 11.0 Å². The van der Waals surface area contributed by atoms with Crippen LogP contribution in [0.3, 0.4) is 0 Å². The molecule has 0 bridgehead atoms. The van der Waals surface area contributed by atoms with Gasteiger partial charge in [-0.15, -0.1) is 0 Å². The zero-order valence-corrected chi connectivity index (χ0v) is 10.1. The highest BCUT2D eigenvalue weighted by Gasteiger charge is 2.32. The van der Waals surface area contributed by atoms with Crippen molar-refractivity contribution in [1.82, 2.24) is 9.97 Å². The highest BCUT2D eigenvalue weighted by Crippen LogP contribution is 2.17. The number of nitrogens with one attached hydrogen (secondary N) is 4. The number of rotatable bonds is 1. The minimum Gasteiger partial charge on any atom is -0.367 e. The lowest BCUT2D eigenvalue weighted by Crippen LogP contribution is -2.88. The maximum absolute atomic E-state index is 5.92. The molecule has 3 heterocycles. The van der Waals surface area contributed by atoms with Crippen LogP contribution in [0.5, 0.6) is 0 Å². The number of nitrogens with two attached hydrogens (primary N) is 1. The first-order valence-corrected chi connectivity index (χ1v) is 6.14. The Morgan fingerprint density at radius 3 is 2.95 bits per heavy atom. The third-order valence-corrected chi connectivity index (χ3v) is 3.40. The molecule has 0 aliphatic carbocycles. The van der Waals surface area contributed by atoms with Crippen LogP contribution in [0, 0.1) is 0 Å². The average molecular weight is 254 g/mol. The van der Waals surface area contributed by atoms with Crippen LogP contribution in [0.1, 0.15) is 11.7 Å². The fraction of sp³-hybridized carbons (Fsp3) is 0.0769. The van der Waals surface area contributed by atoms with Gasteiger partial charge in [-0.3, -0.25) is 5.73 Å². The third kappa shape index (κ3) is 1.43. The van der Waals surface area contributed by atoms with E-state index in [2.05, 4.69) is 30.9 Å². The number of H-pyrrole nitrogens is 2. The largest absolute Gasteiger partial charge is 0.368 e. The van der Waals surface area contributed by atoms with Crippen molar-refractivity contribution in [3.63, 3.8) is 0 Å². The monoisotopic (exact) mass is 254 g/mol. The third-order valence-electron chi connectivity index (χ3n) is 3.40. The summed E-state index contributed by atoms with van der Waals surface area (Å²) in [6, 6.07) is 10.2. The fourth-order valence-corrected chi connectivity index (χ4v) is 2.57. The molecule has 0 fully saturated rings. The van der Waals surface area contributed by atoms with Gasteiger partial charge in [-0.05, 0) is 18.2 Å². The average Bonchev–Trinajstić information content (AvgIpc) is 3.04. The fourth-order valence-electron chi connectivity index (χ4n) is 2.57. The van der Waals surface area contributed by atoms with E-state index in [9.17, 15) is 0 Å². The second-order valence-electron chi connectivity index (χ2n) is 4.59. The molecule has 6 nitrogen and oxygen atoms in total. The molecule has 19 heavy (non-hydrogen) atoms. The van der Waals surface area contributed by atoms with Gasteiger partial charge < -0.3 is 4.98 Å². The number of fused-ring (bicyclic) bond motifs is 3. The van der Waals surface area contributed by atoms with Crippen molar-refractivity contribution in [3.05, 3.63) is 48.3 Å². The lowest BCUT2D eigenvalue weighted by Gasteiger charge is -2.15. The quantitative estimate of drug-likeness (QED) is 0.366. The smallest absolute Gasteiger partial charge is 0.367 e. The molecule has 1 aliphatic rings. The first-order valence-electron chi connectivity index (χ1n) is 6.14. The molecule has 2 aromatic heterocycles. The minimum absolute atomic E-state index is 0.0290. The van der Waals surface area contributed by atoms with Gasteiger partial charge in [0.2, 0.25) is 6.17 Å². The van der Waals surface area contributed by atoms with Crippen LogP contribution in [0.4, 0.5) is 5.95 Å². The standard InChI is InChI=1S/C13H12N6/c14-12-17-11(8-5-6-15-7-8)19-10-4-2-1-3-9(10)16-13(19)18-12/h1-7,11,15H,(H3,14,16,17,18)/p+2/t11-/m0/s1. The number of benzene rings is 1. The van der Waals surface area contributed by atoms with E-state index in [1.807, 2.05) is 36.7 Å². The Labute approximate surface area is 109 Å². The molecule has 94 valence electrons. The Balaban J connectivity index is 2.00. The summed E-state index contributed by atoms with van der Waals surface area (Å²) in [4.78, 5) is 9.68. The van der Waals surface area contributed by atoms with E-state index in [-0.39, 0.29) is 6.17 Å². The topological polar surface area (TPSA) is 87.5 Å². The molecule has 0 unspecified atom stereocenters. The van der Waals surface area contributed by atoms with E-state index >= 15 is 0 Å². The van der Waals surface area contributed by atoms with Crippen molar-refractivity contribution in [3.8, 4) is 0 Å². The number of nitrogens with zero attached hydrogens (tertiary/aromatic N) is 1.